The topological polar surface area (TPSA) is 90.5 Å². The number of aliphatic hydroxyl groups excluding tert-OH is 1. The molecule has 3 aromatic carbocycles. The van der Waals surface area contributed by atoms with E-state index in [1.54, 1.807) is 48.5 Å². The van der Waals surface area contributed by atoms with E-state index in [4.69, 9.17) is 9.84 Å². The van der Waals surface area contributed by atoms with Crippen LogP contribution in [0.15, 0.2) is 82.4 Å². The van der Waals surface area contributed by atoms with Crippen molar-refractivity contribution in [2.45, 2.75) is 19.3 Å². The maximum absolute atomic E-state index is 13.3. The van der Waals surface area contributed by atoms with Crippen LogP contribution in [0.4, 0.5) is 13.2 Å². The third-order valence-electron chi connectivity index (χ3n) is 5.64. The number of rotatable bonds is 8. The van der Waals surface area contributed by atoms with Gasteiger partial charge in [0.15, 0.2) is 5.78 Å². The fourth-order valence-electron chi connectivity index (χ4n) is 3.81. The van der Waals surface area contributed by atoms with Crippen molar-refractivity contribution in [3.05, 3.63) is 110 Å². The maximum Gasteiger partial charge on any atom is 0.416 e. The standard InChI is InChI=1S/C26H21F3N2O5/c27-26(28,29)19-4-3-5-20(14-19)36-13-12-30-24(34)21-6-1-2-7-22(21)31(25(30)35)15-17-8-10-18(11-9-17)23(33)16-32/h1-11,14,32H,12-13,15-16H2. The smallest absolute Gasteiger partial charge is 0.416 e. The molecule has 0 bridgehead atoms. The van der Waals surface area contributed by atoms with E-state index in [2.05, 4.69) is 0 Å². The van der Waals surface area contributed by atoms with Crippen molar-refractivity contribution in [2.75, 3.05) is 13.2 Å². The highest BCUT2D eigenvalue weighted by atomic mass is 19.4. The van der Waals surface area contributed by atoms with Crippen molar-refractivity contribution in [1.29, 1.82) is 0 Å². The molecule has 0 radical (unpaired) electrons. The highest BCUT2D eigenvalue weighted by Crippen LogP contribution is 2.31. The molecule has 0 unspecified atom stereocenters. The molecule has 186 valence electrons. The van der Waals surface area contributed by atoms with Crippen molar-refractivity contribution >= 4 is 16.7 Å². The molecule has 0 saturated carbocycles. The van der Waals surface area contributed by atoms with Gasteiger partial charge in [-0.1, -0.05) is 42.5 Å². The Morgan fingerprint density at radius 1 is 0.917 bits per heavy atom. The quantitative estimate of drug-likeness (QED) is 0.376. The lowest BCUT2D eigenvalue weighted by molar-refractivity contribution is -0.137. The zero-order chi connectivity index (χ0) is 25.9. The summed E-state index contributed by atoms with van der Waals surface area (Å²) >= 11 is 0. The van der Waals surface area contributed by atoms with E-state index in [-0.39, 0.29) is 25.4 Å². The van der Waals surface area contributed by atoms with Crippen molar-refractivity contribution < 1.29 is 27.8 Å². The number of ether oxygens (including phenoxy) is 1. The number of benzene rings is 3. The largest absolute Gasteiger partial charge is 0.492 e. The second kappa shape index (κ2) is 10.2. The summed E-state index contributed by atoms with van der Waals surface area (Å²) in [6.45, 7) is -0.895. The average molecular weight is 498 g/mol. The summed E-state index contributed by atoms with van der Waals surface area (Å²) in [5, 5.41) is 9.30. The predicted molar refractivity (Wildman–Crippen MR) is 126 cm³/mol. The van der Waals surface area contributed by atoms with E-state index in [1.807, 2.05) is 0 Å². The van der Waals surface area contributed by atoms with E-state index < -0.39 is 35.4 Å². The summed E-state index contributed by atoms with van der Waals surface area (Å²) in [6.07, 6.45) is -4.52. The number of hydrogen-bond donors (Lipinski definition) is 1. The van der Waals surface area contributed by atoms with Gasteiger partial charge in [0.1, 0.15) is 19.0 Å². The van der Waals surface area contributed by atoms with E-state index in [0.29, 0.717) is 22.0 Å². The number of fused-ring (bicyclic) bond motifs is 1. The summed E-state index contributed by atoms with van der Waals surface area (Å²) in [5.41, 5.74) is -0.586. The zero-order valence-corrected chi connectivity index (χ0v) is 18.9. The van der Waals surface area contributed by atoms with E-state index in [1.165, 1.54) is 16.7 Å². The molecule has 1 aromatic heterocycles. The molecule has 4 rings (SSSR count). The summed E-state index contributed by atoms with van der Waals surface area (Å²) in [4.78, 5) is 38.0. The Kier molecular flexibility index (Phi) is 7.07. The number of Topliss-reactive ketones (excluding diaryl/α,β-unsaturated/α-hetero) is 1. The van der Waals surface area contributed by atoms with Crippen molar-refractivity contribution in [3.63, 3.8) is 0 Å². The third kappa shape index (κ3) is 5.23. The minimum absolute atomic E-state index is 0.0310. The lowest BCUT2D eigenvalue weighted by Gasteiger charge is -2.15. The molecule has 4 aromatic rings. The Hall–Kier alpha value is -4.18. The molecule has 1 heterocycles. The van der Waals surface area contributed by atoms with Gasteiger partial charge in [-0.15, -0.1) is 0 Å². The third-order valence-corrected chi connectivity index (χ3v) is 5.64. The van der Waals surface area contributed by atoms with Crippen LogP contribution in [0.1, 0.15) is 21.5 Å². The minimum Gasteiger partial charge on any atom is -0.492 e. The number of aliphatic hydroxyl groups is 1. The van der Waals surface area contributed by atoms with Crippen LogP contribution < -0.4 is 16.0 Å². The fourth-order valence-corrected chi connectivity index (χ4v) is 3.81. The molecule has 0 aliphatic carbocycles. The number of alkyl halides is 3. The van der Waals surface area contributed by atoms with Crippen LogP contribution in [0.5, 0.6) is 5.75 Å². The Labute approximate surface area is 202 Å². The van der Waals surface area contributed by atoms with Crippen LogP contribution in [0, 0.1) is 0 Å². The van der Waals surface area contributed by atoms with E-state index in [9.17, 15) is 27.6 Å². The highest BCUT2D eigenvalue weighted by molar-refractivity contribution is 5.96. The maximum atomic E-state index is 13.3. The fraction of sp³-hybridized carbons (Fsp3) is 0.192. The van der Waals surface area contributed by atoms with Gasteiger partial charge in [0, 0.05) is 5.56 Å². The van der Waals surface area contributed by atoms with Crippen molar-refractivity contribution in [3.8, 4) is 5.75 Å². The van der Waals surface area contributed by atoms with Crippen molar-refractivity contribution in [1.82, 2.24) is 9.13 Å². The highest BCUT2D eigenvalue weighted by Gasteiger charge is 2.30. The Bertz CT molecular complexity index is 1520. The number of aromatic nitrogens is 2. The normalized spacial score (nSPS) is 11.6. The van der Waals surface area contributed by atoms with Gasteiger partial charge in [-0.05, 0) is 35.9 Å². The first-order valence-corrected chi connectivity index (χ1v) is 10.9. The minimum atomic E-state index is -4.52. The molecule has 36 heavy (non-hydrogen) atoms. The van der Waals surface area contributed by atoms with Gasteiger partial charge >= 0.3 is 11.9 Å². The molecule has 7 nitrogen and oxygen atoms in total. The number of nitrogens with zero attached hydrogens (tertiary/aromatic N) is 2. The molecule has 0 aliphatic rings. The van der Waals surface area contributed by atoms with Crippen LogP contribution in [-0.2, 0) is 19.3 Å². The van der Waals surface area contributed by atoms with Crippen LogP contribution in [0.2, 0.25) is 0 Å². The monoisotopic (exact) mass is 498 g/mol. The number of para-hydroxylation sites is 1. The lowest BCUT2D eigenvalue weighted by atomic mass is 10.1. The molecule has 0 aliphatic heterocycles. The molecule has 0 saturated heterocycles. The van der Waals surface area contributed by atoms with Crippen LogP contribution in [0.3, 0.4) is 0 Å². The Morgan fingerprint density at radius 2 is 1.64 bits per heavy atom. The van der Waals surface area contributed by atoms with Gasteiger partial charge in [0.05, 0.1) is 29.6 Å². The van der Waals surface area contributed by atoms with Crippen LogP contribution in [-0.4, -0.2) is 33.2 Å². The number of ketones is 1. The SMILES string of the molecule is O=C(CO)c1ccc(Cn2c(=O)n(CCOc3cccc(C(F)(F)F)c3)c(=O)c3ccccc32)cc1. The summed E-state index contributed by atoms with van der Waals surface area (Å²) in [7, 11) is 0. The predicted octanol–water partition coefficient (Wildman–Crippen LogP) is 3.48. The number of halogens is 3. The van der Waals surface area contributed by atoms with Crippen LogP contribution >= 0.6 is 0 Å². The Morgan fingerprint density at radius 3 is 2.33 bits per heavy atom. The first kappa shape index (κ1) is 24.9. The van der Waals surface area contributed by atoms with E-state index in [0.717, 1.165) is 16.7 Å². The molecular formula is C26H21F3N2O5. The summed E-state index contributed by atoms with van der Waals surface area (Å²) in [5.74, 6) is -0.463. The molecule has 0 amide bonds. The number of carbonyl (C=O) groups excluding carboxylic acids is 1. The van der Waals surface area contributed by atoms with Gasteiger partial charge in [0.25, 0.3) is 5.56 Å². The molecule has 0 fully saturated rings. The van der Waals surface area contributed by atoms with Gasteiger partial charge < -0.3 is 9.84 Å². The van der Waals surface area contributed by atoms with Gasteiger partial charge in [0.2, 0.25) is 0 Å². The van der Waals surface area contributed by atoms with E-state index >= 15 is 0 Å². The lowest BCUT2D eigenvalue weighted by Crippen LogP contribution is -2.41. The first-order valence-electron chi connectivity index (χ1n) is 10.9. The number of hydrogen-bond acceptors (Lipinski definition) is 5. The second-order valence-electron chi connectivity index (χ2n) is 7.99. The van der Waals surface area contributed by atoms with Crippen molar-refractivity contribution in [2.24, 2.45) is 0 Å². The Balaban J connectivity index is 1.63. The molecule has 1 N–H and O–H groups in total. The molecular weight excluding hydrogens is 477 g/mol. The average Bonchev–Trinajstić information content (AvgIpc) is 2.88. The zero-order valence-electron chi connectivity index (χ0n) is 18.9. The molecule has 0 atom stereocenters. The molecule has 0 spiro atoms. The van der Waals surface area contributed by atoms with Crippen LogP contribution in [0.25, 0.3) is 10.9 Å². The van der Waals surface area contributed by atoms with Gasteiger partial charge in [-0.2, -0.15) is 13.2 Å². The summed E-state index contributed by atoms with van der Waals surface area (Å²) in [6, 6.07) is 17.3. The van der Waals surface area contributed by atoms with Gasteiger partial charge in [-0.3, -0.25) is 18.7 Å². The molecule has 10 heteroatoms. The summed E-state index contributed by atoms with van der Waals surface area (Å²) < 4.78 is 46.6. The number of carbonyl (C=O) groups is 1. The van der Waals surface area contributed by atoms with Gasteiger partial charge in [-0.25, -0.2) is 4.79 Å². The second-order valence-corrected chi connectivity index (χ2v) is 7.99. The first-order chi connectivity index (χ1) is 17.2.